The van der Waals surface area contributed by atoms with Gasteiger partial charge in [-0.1, -0.05) is 30.3 Å². The molecule has 0 unspecified atom stereocenters. The van der Waals surface area contributed by atoms with Gasteiger partial charge in [0.15, 0.2) is 17.4 Å². The molecule has 0 bridgehead atoms. The van der Waals surface area contributed by atoms with Crippen LogP contribution in [0.15, 0.2) is 72.8 Å². The van der Waals surface area contributed by atoms with E-state index >= 15 is 0 Å². The number of carbonyl (C=O) groups excluding carboxylic acids is 1. The zero-order chi connectivity index (χ0) is 18.4. The van der Waals surface area contributed by atoms with Crippen LogP contribution < -0.4 is 15.4 Å². The number of para-hydroxylation sites is 3. The van der Waals surface area contributed by atoms with Crippen molar-refractivity contribution in [3.63, 3.8) is 0 Å². The highest BCUT2D eigenvalue weighted by Crippen LogP contribution is 2.29. The molecule has 2 N–H and O–H groups in total. The maximum absolute atomic E-state index is 13.2. The molecule has 0 spiro atoms. The first-order valence-corrected chi connectivity index (χ1v) is 7.92. The molecule has 4 nitrogen and oxygen atoms in total. The summed E-state index contributed by atoms with van der Waals surface area (Å²) in [7, 11) is 0. The molecular formula is C20H16F2N2O2. The molecule has 0 heterocycles. The van der Waals surface area contributed by atoms with E-state index in [4.69, 9.17) is 4.74 Å². The van der Waals surface area contributed by atoms with E-state index in [1.165, 1.54) is 6.07 Å². The second-order valence-corrected chi connectivity index (χ2v) is 5.44. The Labute approximate surface area is 149 Å². The molecule has 3 aromatic rings. The Hall–Kier alpha value is -3.41. The number of carbonyl (C=O) groups is 1. The number of amides is 1. The van der Waals surface area contributed by atoms with Gasteiger partial charge < -0.3 is 15.4 Å². The van der Waals surface area contributed by atoms with Crippen molar-refractivity contribution in [2.45, 2.75) is 0 Å². The number of ether oxygens (including phenoxy) is 1. The fourth-order valence-corrected chi connectivity index (χ4v) is 2.26. The summed E-state index contributed by atoms with van der Waals surface area (Å²) in [6.07, 6.45) is 0. The molecule has 0 aromatic heterocycles. The van der Waals surface area contributed by atoms with Crippen LogP contribution in [0.1, 0.15) is 0 Å². The Morgan fingerprint density at radius 1 is 0.885 bits per heavy atom. The molecule has 0 radical (unpaired) electrons. The summed E-state index contributed by atoms with van der Waals surface area (Å²) >= 11 is 0. The SMILES string of the molecule is O=C(CNc1ccc(F)c(F)c1)Nc1ccccc1Oc1ccccc1. The highest BCUT2D eigenvalue weighted by molar-refractivity contribution is 5.95. The van der Waals surface area contributed by atoms with E-state index in [1.807, 2.05) is 30.3 Å². The van der Waals surface area contributed by atoms with Crippen molar-refractivity contribution in [1.82, 2.24) is 0 Å². The zero-order valence-electron chi connectivity index (χ0n) is 13.7. The van der Waals surface area contributed by atoms with Crippen LogP contribution in [-0.4, -0.2) is 12.5 Å². The van der Waals surface area contributed by atoms with Gasteiger partial charge in [-0.25, -0.2) is 8.78 Å². The molecule has 0 atom stereocenters. The molecule has 1 amide bonds. The second kappa shape index (κ2) is 8.11. The van der Waals surface area contributed by atoms with E-state index < -0.39 is 11.6 Å². The molecule has 0 aliphatic rings. The zero-order valence-corrected chi connectivity index (χ0v) is 13.7. The van der Waals surface area contributed by atoms with Crippen LogP contribution in [0, 0.1) is 11.6 Å². The van der Waals surface area contributed by atoms with Crippen molar-refractivity contribution in [2.24, 2.45) is 0 Å². The Balaban J connectivity index is 1.63. The number of hydrogen-bond acceptors (Lipinski definition) is 3. The van der Waals surface area contributed by atoms with Crippen molar-refractivity contribution < 1.29 is 18.3 Å². The second-order valence-electron chi connectivity index (χ2n) is 5.44. The van der Waals surface area contributed by atoms with Crippen LogP contribution in [-0.2, 0) is 4.79 Å². The lowest BCUT2D eigenvalue weighted by Gasteiger charge is -2.13. The molecule has 0 aliphatic carbocycles. The average Bonchev–Trinajstić information content (AvgIpc) is 2.65. The van der Waals surface area contributed by atoms with Gasteiger partial charge in [0.05, 0.1) is 12.2 Å². The monoisotopic (exact) mass is 354 g/mol. The predicted molar refractivity (Wildman–Crippen MR) is 96.4 cm³/mol. The van der Waals surface area contributed by atoms with Gasteiger partial charge in [-0.3, -0.25) is 4.79 Å². The molecule has 26 heavy (non-hydrogen) atoms. The van der Waals surface area contributed by atoms with Gasteiger partial charge in [0.25, 0.3) is 0 Å². The highest BCUT2D eigenvalue weighted by atomic mass is 19.2. The molecule has 132 valence electrons. The summed E-state index contributed by atoms with van der Waals surface area (Å²) in [5.41, 5.74) is 0.821. The van der Waals surface area contributed by atoms with Gasteiger partial charge in [0.2, 0.25) is 5.91 Å². The van der Waals surface area contributed by atoms with Crippen LogP contribution in [0.2, 0.25) is 0 Å². The van der Waals surface area contributed by atoms with Gasteiger partial charge in [-0.15, -0.1) is 0 Å². The molecular weight excluding hydrogens is 338 g/mol. The summed E-state index contributed by atoms with van der Waals surface area (Å²) in [6.45, 7) is -0.106. The fraction of sp³-hybridized carbons (Fsp3) is 0.0500. The van der Waals surface area contributed by atoms with Crippen LogP contribution >= 0.6 is 0 Å². The highest BCUT2D eigenvalue weighted by Gasteiger charge is 2.09. The molecule has 0 saturated carbocycles. The minimum absolute atomic E-state index is 0.106. The standard InChI is InChI=1S/C20H16F2N2O2/c21-16-11-10-14(12-17(16)22)23-13-20(25)24-18-8-4-5-9-19(18)26-15-6-2-1-3-7-15/h1-12,23H,13H2,(H,24,25). The van der Waals surface area contributed by atoms with Gasteiger partial charge in [-0.2, -0.15) is 0 Å². The van der Waals surface area contributed by atoms with Crippen molar-refractivity contribution in [2.75, 3.05) is 17.2 Å². The average molecular weight is 354 g/mol. The predicted octanol–water partition coefficient (Wildman–Crippen LogP) is 4.81. The lowest BCUT2D eigenvalue weighted by molar-refractivity contribution is -0.114. The minimum Gasteiger partial charge on any atom is -0.455 e. The van der Waals surface area contributed by atoms with E-state index in [-0.39, 0.29) is 12.5 Å². The first kappa shape index (κ1) is 17.4. The van der Waals surface area contributed by atoms with Crippen molar-refractivity contribution in [3.05, 3.63) is 84.4 Å². The van der Waals surface area contributed by atoms with Crippen LogP contribution in [0.5, 0.6) is 11.5 Å². The van der Waals surface area contributed by atoms with Crippen molar-refractivity contribution >= 4 is 17.3 Å². The fourth-order valence-electron chi connectivity index (χ4n) is 2.26. The molecule has 3 rings (SSSR count). The normalized spacial score (nSPS) is 10.2. The van der Waals surface area contributed by atoms with E-state index in [9.17, 15) is 13.6 Å². The number of anilines is 2. The number of nitrogens with one attached hydrogen (secondary N) is 2. The smallest absolute Gasteiger partial charge is 0.243 e. The van der Waals surface area contributed by atoms with E-state index in [0.29, 0.717) is 22.9 Å². The summed E-state index contributed by atoms with van der Waals surface area (Å²) in [5, 5.41) is 5.48. The summed E-state index contributed by atoms with van der Waals surface area (Å²) in [5.74, 6) is -1.11. The third-order valence-electron chi connectivity index (χ3n) is 3.50. The van der Waals surface area contributed by atoms with Gasteiger partial charge in [0.1, 0.15) is 5.75 Å². The van der Waals surface area contributed by atoms with Gasteiger partial charge in [-0.05, 0) is 36.4 Å². The summed E-state index contributed by atoms with van der Waals surface area (Å²) in [4.78, 5) is 12.1. The molecule has 0 saturated heterocycles. The Morgan fingerprint density at radius 2 is 1.62 bits per heavy atom. The Bertz CT molecular complexity index is 901. The lowest BCUT2D eigenvalue weighted by atomic mass is 10.2. The number of rotatable bonds is 6. The Kier molecular flexibility index (Phi) is 5.43. The third-order valence-corrected chi connectivity index (χ3v) is 3.50. The number of halogens is 2. The van der Waals surface area contributed by atoms with Crippen LogP contribution in [0.25, 0.3) is 0 Å². The molecule has 6 heteroatoms. The molecule has 0 aliphatic heterocycles. The van der Waals surface area contributed by atoms with E-state index in [2.05, 4.69) is 10.6 Å². The maximum Gasteiger partial charge on any atom is 0.243 e. The van der Waals surface area contributed by atoms with Crippen LogP contribution in [0.3, 0.4) is 0 Å². The largest absolute Gasteiger partial charge is 0.455 e. The first-order chi connectivity index (χ1) is 12.6. The van der Waals surface area contributed by atoms with E-state index in [1.54, 1.807) is 24.3 Å². The van der Waals surface area contributed by atoms with Crippen molar-refractivity contribution in [3.8, 4) is 11.5 Å². The lowest BCUT2D eigenvalue weighted by Crippen LogP contribution is -2.22. The van der Waals surface area contributed by atoms with Gasteiger partial charge in [0, 0.05) is 11.8 Å². The van der Waals surface area contributed by atoms with Crippen LogP contribution in [0.4, 0.5) is 20.2 Å². The molecule has 3 aromatic carbocycles. The van der Waals surface area contributed by atoms with E-state index in [0.717, 1.165) is 12.1 Å². The third kappa shape index (κ3) is 4.57. The first-order valence-electron chi connectivity index (χ1n) is 7.92. The Morgan fingerprint density at radius 3 is 2.38 bits per heavy atom. The number of benzene rings is 3. The summed E-state index contributed by atoms with van der Waals surface area (Å²) in [6, 6.07) is 19.6. The molecule has 0 fully saturated rings. The van der Waals surface area contributed by atoms with Gasteiger partial charge >= 0.3 is 0 Å². The maximum atomic E-state index is 13.2. The quantitative estimate of drug-likeness (QED) is 0.668. The summed E-state index contributed by atoms with van der Waals surface area (Å²) < 4.78 is 31.9. The number of hydrogen-bond donors (Lipinski definition) is 2. The topological polar surface area (TPSA) is 50.4 Å². The van der Waals surface area contributed by atoms with Crippen molar-refractivity contribution in [1.29, 1.82) is 0 Å². The minimum atomic E-state index is -0.975.